The molecule has 0 unspecified atom stereocenters. The van der Waals surface area contributed by atoms with Gasteiger partial charge in [0.15, 0.2) is 0 Å². The molecule has 0 saturated carbocycles. The van der Waals surface area contributed by atoms with Crippen molar-refractivity contribution >= 4 is 27.2 Å². The van der Waals surface area contributed by atoms with E-state index >= 15 is 0 Å². The van der Waals surface area contributed by atoms with E-state index in [1.54, 1.807) is 0 Å². The number of rotatable bonds is 6. The van der Waals surface area contributed by atoms with E-state index in [1.165, 1.54) is 0 Å². The number of nitrogens with zero attached hydrogens (tertiary/aromatic N) is 1. The molecule has 5 nitrogen and oxygen atoms in total. The normalized spacial score (nSPS) is 11.9. The Labute approximate surface area is 84.3 Å². The van der Waals surface area contributed by atoms with Gasteiger partial charge in [-0.05, 0) is 14.1 Å². The van der Waals surface area contributed by atoms with Gasteiger partial charge in [-0.3, -0.25) is 0 Å². The zero-order chi connectivity index (χ0) is 10.5. The molecule has 0 aliphatic carbocycles. The monoisotopic (exact) mass is 225 g/mol. The van der Waals surface area contributed by atoms with E-state index in [4.69, 9.17) is 5.73 Å². The first-order valence-electron chi connectivity index (χ1n) is 3.74. The van der Waals surface area contributed by atoms with Crippen LogP contribution in [0.1, 0.15) is 0 Å². The lowest BCUT2D eigenvalue weighted by Crippen LogP contribution is -2.36. The van der Waals surface area contributed by atoms with Crippen molar-refractivity contribution in [3.8, 4) is 0 Å². The summed E-state index contributed by atoms with van der Waals surface area (Å²) in [5.41, 5.74) is 5.11. The molecule has 0 aromatic heterocycles. The van der Waals surface area contributed by atoms with Gasteiger partial charge in [-0.25, -0.2) is 13.1 Å². The lowest BCUT2D eigenvalue weighted by Gasteiger charge is -2.10. The van der Waals surface area contributed by atoms with Gasteiger partial charge in [0.25, 0.3) is 0 Å². The first-order chi connectivity index (χ1) is 5.83. The molecule has 0 amide bonds. The van der Waals surface area contributed by atoms with Crippen LogP contribution in [0, 0.1) is 0 Å². The maximum Gasteiger partial charge on any atom is 0.218 e. The van der Waals surface area contributed by atoms with E-state index < -0.39 is 10.0 Å². The lowest BCUT2D eigenvalue weighted by molar-refractivity contribution is 0.412. The molecule has 0 bridgehead atoms. The summed E-state index contributed by atoms with van der Waals surface area (Å²) in [6, 6.07) is 0. The molecule has 0 aliphatic heterocycles. The number of hydrogen-bond acceptors (Lipinski definition) is 4. The Hall–Kier alpha value is -0.240. The summed E-state index contributed by atoms with van der Waals surface area (Å²) in [6.07, 6.45) is 0. The zero-order valence-electron chi connectivity index (χ0n) is 7.78. The lowest BCUT2D eigenvalue weighted by atomic mass is 10.6. The Kier molecular flexibility index (Phi) is 5.38. The second-order valence-electron chi connectivity index (χ2n) is 2.92. The number of sulfonamides is 1. The second-order valence-corrected chi connectivity index (χ2v) is 5.25. The van der Waals surface area contributed by atoms with Crippen LogP contribution in [-0.4, -0.2) is 51.2 Å². The molecular weight excluding hydrogens is 210 g/mol. The highest BCUT2D eigenvalue weighted by Gasteiger charge is 2.10. The minimum Gasteiger partial charge on any atom is -0.392 e. The van der Waals surface area contributed by atoms with Gasteiger partial charge in [0.2, 0.25) is 10.0 Å². The number of likely N-dealkylation sites (N-methyl/N-ethyl adjacent to an activating group) is 1. The molecule has 0 saturated heterocycles. The molecule has 0 aromatic carbocycles. The summed E-state index contributed by atoms with van der Waals surface area (Å²) >= 11 is 4.49. The minimum atomic E-state index is -3.32. The molecule has 0 aliphatic rings. The summed E-state index contributed by atoms with van der Waals surface area (Å²) in [6.45, 7) is 1.02. The van der Waals surface area contributed by atoms with Crippen molar-refractivity contribution in [1.82, 2.24) is 9.62 Å². The van der Waals surface area contributed by atoms with E-state index in [2.05, 4.69) is 16.9 Å². The van der Waals surface area contributed by atoms with E-state index in [0.717, 1.165) is 0 Å². The van der Waals surface area contributed by atoms with Crippen LogP contribution in [-0.2, 0) is 10.0 Å². The third-order valence-corrected chi connectivity index (χ3v) is 2.88. The van der Waals surface area contributed by atoms with Crippen molar-refractivity contribution < 1.29 is 8.42 Å². The molecule has 7 heteroatoms. The van der Waals surface area contributed by atoms with Crippen molar-refractivity contribution in [3.05, 3.63) is 0 Å². The number of thiocarbonyl (C=S) groups is 1. The molecule has 0 rings (SSSR count). The summed E-state index contributed by atoms with van der Waals surface area (Å²) in [5.74, 6) is -0.282. The van der Waals surface area contributed by atoms with Crippen LogP contribution in [0.25, 0.3) is 0 Å². The topological polar surface area (TPSA) is 75.4 Å². The Morgan fingerprint density at radius 2 is 2.08 bits per heavy atom. The maximum atomic E-state index is 11.1. The van der Waals surface area contributed by atoms with Crippen molar-refractivity contribution in [3.63, 3.8) is 0 Å². The van der Waals surface area contributed by atoms with Gasteiger partial charge in [-0.2, -0.15) is 0 Å². The molecule has 0 atom stereocenters. The van der Waals surface area contributed by atoms with Gasteiger partial charge in [-0.15, -0.1) is 0 Å². The standard InChI is InChI=1S/C6H15N3O2S2/c1-9(2)4-3-8-13(10,11)5-6(7)12/h8H,3-5H2,1-2H3,(H2,7,12). The molecular formula is C6H15N3O2S2. The van der Waals surface area contributed by atoms with Gasteiger partial charge in [0.1, 0.15) is 5.75 Å². The smallest absolute Gasteiger partial charge is 0.218 e. The summed E-state index contributed by atoms with van der Waals surface area (Å²) in [7, 11) is 0.407. The van der Waals surface area contributed by atoms with Crippen LogP contribution >= 0.6 is 12.2 Å². The second kappa shape index (κ2) is 5.48. The fourth-order valence-electron chi connectivity index (χ4n) is 0.663. The van der Waals surface area contributed by atoms with Crippen LogP contribution in [0.15, 0.2) is 0 Å². The SMILES string of the molecule is CN(C)CCNS(=O)(=O)CC(N)=S. The van der Waals surface area contributed by atoms with Crippen LogP contribution in [0.3, 0.4) is 0 Å². The third-order valence-electron chi connectivity index (χ3n) is 1.21. The quantitative estimate of drug-likeness (QED) is 0.553. The van der Waals surface area contributed by atoms with Crippen LogP contribution in [0.2, 0.25) is 0 Å². The first-order valence-corrected chi connectivity index (χ1v) is 5.80. The summed E-state index contributed by atoms with van der Waals surface area (Å²) in [4.78, 5) is 1.86. The molecule has 0 spiro atoms. The van der Waals surface area contributed by atoms with Gasteiger partial charge >= 0.3 is 0 Å². The van der Waals surface area contributed by atoms with Gasteiger partial charge in [0, 0.05) is 13.1 Å². The Bertz CT molecular complexity index is 261. The molecule has 3 N–H and O–H groups in total. The highest BCUT2D eigenvalue weighted by Crippen LogP contribution is 1.84. The Morgan fingerprint density at radius 1 is 1.54 bits per heavy atom. The van der Waals surface area contributed by atoms with Crippen molar-refractivity contribution in [1.29, 1.82) is 0 Å². The highest BCUT2D eigenvalue weighted by molar-refractivity contribution is 7.92. The number of nitrogens with two attached hydrogens (primary N) is 1. The molecule has 0 fully saturated rings. The van der Waals surface area contributed by atoms with E-state index in [1.807, 2.05) is 19.0 Å². The molecule has 13 heavy (non-hydrogen) atoms. The highest BCUT2D eigenvalue weighted by atomic mass is 32.2. The van der Waals surface area contributed by atoms with Gasteiger partial charge < -0.3 is 10.6 Å². The number of hydrogen-bond donors (Lipinski definition) is 2. The van der Waals surface area contributed by atoms with Gasteiger partial charge in [-0.1, -0.05) is 12.2 Å². The Balaban J connectivity index is 3.84. The Morgan fingerprint density at radius 3 is 2.46 bits per heavy atom. The van der Waals surface area contributed by atoms with E-state index in [9.17, 15) is 8.42 Å². The maximum absolute atomic E-state index is 11.1. The average Bonchev–Trinajstić information content (AvgIpc) is 1.81. The van der Waals surface area contributed by atoms with Crippen molar-refractivity contribution in [2.45, 2.75) is 0 Å². The fourth-order valence-corrected chi connectivity index (χ4v) is 2.01. The minimum absolute atomic E-state index is 0.0163. The average molecular weight is 225 g/mol. The van der Waals surface area contributed by atoms with Gasteiger partial charge in [0.05, 0.1) is 4.99 Å². The third kappa shape index (κ3) is 8.10. The fraction of sp³-hybridized carbons (Fsp3) is 0.833. The van der Waals surface area contributed by atoms with Crippen LogP contribution in [0.4, 0.5) is 0 Å². The summed E-state index contributed by atoms with van der Waals surface area (Å²) in [5, 5.41) is 0. The largest absolute Gasteiger partial charge is 0.392 e. The van der Waals surface area contributed by atoms with E-state index in [0.29, 0.717) is 13.1 Å². The predicted molar refractivity (Wildman–Crippen MR) is 57.1 cm³/mol. The van der Waals surface area contributed by atoms with Crippen molar-refractivity contribution in [2.75, 3.05) is 32.9 Å². The molecule has 78 valence electrons. The van der Waals surface area contributed by atoms with E-state index in [-0.39, 0.29) is 10.7 Å². The predicted octanol–water partition coefficient (Wildman–Crippen LogP) is -1.25. The zero-order valence-corrected chi connectivity index (χ0v) is 9.41. The summed E-state index contributed by atoms with van der Waals surface area (Å²) < 4.78 is 24.6. The molecule has 0 aromatic rings. The van der Waals surface area contributed by atoms with Crippen LogP contribution < -0.4 is 10.5 Å². The van der Waals surface area contributed by atoms with Crippen molar-refractivity contribution in [2.24, 2.45) is 5.73 Å². The number of nitrogens with one attached hydrogen (secondary N) is 1. The van der Waals surface area contributed by atoms with Crippen LogP contribution in [0.5, 0.6) is 0 Å². The molecule has 0 heterocycles. The first kappa shape index (κ1) is 12.8. The molecule has 0 radical (unpaired) electrons.